The average Bonchev–Trinajstić information content (AvgIpc) is 2.17. The Balaban J connectivity index is 2.69. The molecule has 2 N–H and O–H groups in total. The number of nitrogens with one attached hydrogen (secondary N) is 2. The van der Waals surface area contributed by atoms with Crippen LogP contribution >= 0.6 is 15.9 Å². The minimum Gasteiger partial charge on any atom is -0.433 e. The summed E-state index contributed by atoms with van der Waals surface area (Å²) in [6.07, 6.45) is -1.84. The van der Waals surface area contributed by atoms with Crippen molar-refractivity contribution in [2.24, 2.45) is 0 Å². The maximum Gasteiger partial charge on any atom is 0.394 e. The number of hydrogen-bond donors (Lipinski definition) is 2. The number of allylic oxidation sites excluding steroid dienone is 1. The van der Waals surface area contributed by atoms with Crippen molar-refractivity contribution in [3.05, 3.63) is 34.9 Å². The lowest BCUT2D eigenvalue weighted by atomic mass is 10.0. The second kappa shape index (κ2) is 5.99. The Morgan fingerprint density at radius 1 is 1.44 bits per heavy atom. The number of benzene rings is 1. The smallest absolute Gasteiger partial charge is 0.394 e. The van der Waals surface area contributed by atoms with E-state index >= 15 is 0 Å². The third kappa shape index (κ3) is 5.81. The van der Waals surface area contributed by atoms with Gasteiger partial charge in [0.05, 0.1) is 4.61 Å². The van der Waals surface area contributed by atoms with Crippen molar-refractivity contribution in [1.82, 2.24) is 0 Å². The number of hydrogen-bond acceptors (Lipinski definition) is 3. The lowest BCUT2D eigenvalue weighted by Gasteiger charge is -2.13. The topological polar surface area (TPSA) is 45.1 Å². The van der Waals surface area contributed by atoms with Crippen LogP contribution in [-0.2, 0) is 0 Å². The number of ether oxygens (including phenoxy) is 1. The molecule has 1 rings (SSSR count). The fourth-order valence-electron chi connectivity index (χ4n) is 1.12. The highest BCUT2D eigenvalue weighted by molar-refractivity contribution is 9.11. The van der Waals surface area contributed by atoms with E-state index in [4.69, 9.17) is 13.3 Å². The van der Waals surface area contributed by atoms with Gasteiger partial charge < -0.3 is 15.5 Å². The van der Waals surface area contributed by atoms with E-state index in [1.165, 1.54) is 18.2 Å². The molecule has 0 aliphatic carbocycles. The Bertz CT molecular complexity index is 457. The van der Waals surface area contributed by atoms with Gasteiger partial charge in [-0.15, -0.1) is 0 Å². The summed E-state index contributed by atoms with van der Waals surface area (Å²) >= 11 is 3.16. The maximum absolute atomic E-state index is 12.6. The van der Waals surface area contributed by atoms with E-state index in [-0.39, 0.29) is 11.4 Å². The van der Waals surface area contributed by atoms with E-state index in [1.807, 2.05) is 0 Å². The standard InChI is InChI=1S/C11H10BBrF2N2O/c1-11(14,15)18-8-4-2-7(3-5-8)17-10(13)6-9(12)16/h2-6,16-17H,1H3/b10-6-,16-9?. The zero-order valence-corrected chi connectivity index (χ0v) is 11.1. The minimum absolute atomic E-state index is 0.0692. The fourth-order valence-corrected chi connectivity index (χ4v) is 1.60. The van der Waals surface area contributed by atoms with Gasteiger partial charge in [0.1, 0.15) is 13.6 Å². The Hall–Kier alpha value is -1.37. The SMILES string of the molecule is [B]C(=N)/C=C(/Br)Nc1ccc(OC(C)(F)F)cc1. The summed E-state index contributed by atoms with van der Waals surface area (Å²) < 4.78 is 30.0. The van der Waals surface area contributed by atoms with E-state index in [9.17, 15) is 8.78 Å². The molecule has 1 aromatic rings. The van der Waals surface area contributed by atoms with E-state index in [2.05, 4.69) is 26.0 Å². The molecule has 0 saturated heterocycles. The van der Waals surface area contributed by atoms with Crippen LogP contribution in [0.5, 0.6) is 5.75 Å². The molecule has 94 valence electrons. The molecule has 0 saturated carbocycles. The molecule has 0 unspecified atom stereocenters. The summed E-state index contributed by atoms with van der Waals surface area (Å²) in [5.41, 5.74) is 0.533. The normalized spacial score (nSPS) is 12.1. The van der Waals surface area contributed by atoms with Crippen LogP contribution in [0.25, 0.3) is 0 Å². The van der Waals surface area contributed by atoms with E-state index in [0.717, 1.165) is 0 Å². The highest BCUT2D eigenvalue weighted by atomic mass is 79.9. The van der Waals surface area contributed by atoms with Crippen molar-refractivity contribution >= 4 is 35.1 Å². The summed E-state index contributed by atoms with van der Waals surface area (Å²) in [5.74, 6) is 0.0692. The van der Waals surface area contributed by atoms with Crippen molar-refractivity contribution < 1.29 is 13.5 Å². The largest absolute Gasteiger partial charge is 0.433 e. The van der Waals surface area contributed by atoms with Crippen LogP contribution in [0, 0.1) is 5.41 Å². The number of anilines is 1. The Morgan fingerprint density at radius 2 is 2.00 bits per heavy atom. The predicted molar refractivity (Wildman–Crippen MR) is 71.8 cm³/mol. The summed E-state index contributed by atoms with van der Waals surface area (Å²) in [5, 5.41) is 9.93. The molecule has 0 spiro atoms. The Labute approximate surface area is 113 Å². The van der Waals surface area contributed by atoms with Crippen LogP contribution in [-0.4, -0.2) is 19.6 Å². The summed E-state index contributed by atoms with van der Waals surface area (Å²) in [4.78, 5) is 0. The van der Waals surface area contributed by atoms with Crippen molar-refractivity contribution in [2.45, 2.75) is 13.0 Å². The Morgan fingerprint density at radius 3 is 2.44 bits per heavy atom. The van der Waals surface area contributed by atoms with Crippen molar-refractivity contribution in [1.29, 1.82) is 5.41 Å². The molecule has 0 aliphatic rings. The monoisotopic (exact) mass is 314 g/mol. The maximum atomic E-state index is 12.6. The number of halogens is 3. The van der Waals surface area contributed by atoms with Gasteiger partial charge >= 0.3 is 6.11 Å². The first-order valence-electron chi connectivity index (χ1n) is 4.91. The van der Waals surface area contributed by atoms with Gasteiger partial charge in [-0.05, 0) is 51.9 Å². The molecule has 1 aromatic carbocycles. The Kier molecular flexibility index (Phi) is 4.89. The highest BCUT2D eigenvalue weighted by Crippen LogP contribution is 2.23. The lowest BCUT2D eigenvalue weighted by molar-refractivity contribution is -0.158. The second-order valence-corrected chi connectivity index (χ2v) is 4.36. The zero-order valence-electron chi connectivity index (χ0n) is 9.51. The number of rotatable bonds is 5. The van der Waals surface area contributed by atoms with Crippen LogP contribution in [0.3, 0.4) is 0 Å². The molecule has 0 fully saturated rings. The molecule has 0 atom stereocenters. The fraction of sp³-hybridized carbons (Fsp3) is 0.182. The third-order valence-electron chi connectivity index (χ3n) is 1.70. The zero-order chi connectivity index (χ0) is 13.8. The molecule has 7 heteroatoms. The molecule has 0 heterocycles. The summed E-state index contributed by atoms with van der Waals surface area (Å²) in [6, 6.07) is 5.95. The molecule has 0 aromatic heterocycles. The first-order chi connectivity index (χ1) is 8.26. The highest BCUT2D eigenvalue weighted by Gasteiger charge is 2.22. The van der Waals surface area contributed by atoms with E-state index in [1.54, 1.807) is 12.1 Å². The summed E-state index contributed by atoms with van der Waals surface area (Å²) in [6.45, 7) is 0.672. The molecule has 3 nitrogen and oxygen atoms in total. The molecule has 0 amide bonds. The third-order valence-corrected chi connectivity index (χ3v) is 2.12. The first-order valence-corrected chi connectivity index (χ1v) is 5.71. The van der Waals surface area contributed by atoms with Gasteiger partial charge in [-0.3, -0.25) is 0 Å². The second-order valence-electron chi connectivity index (χ2n) is 3.51. The quantitative estimate of drug-likeness (QED) is 0.496. The van der Waals surface area contributed by atoms with Crippen LogP contribution in [0.4, 0.5) is 14.5 Å². The molecular formula is C11H10BBrF2N2O. The number of alkyl halides is 2. The molecule has 0 bridgehead atoms. The summed E-state index contributed by atoms with van der Waals surface area (Å²) in [7, 11) is 5.17. The van der Waals surface area contributed by atoms with Gasteiger partial charge in [0, 0.05) is 12.6 Å². The molecule has 2 radical (unpaired) electrons. The molecule has 18 heavy (non-hydrogen) atoms. The van der Waals surface area contributed by atoms with Gasteiger partial charge in [0.25, 0.3) is 0 Å². The van der Waals surface area contributed by atoms with E-state index < -0.39 is 6.11 Å². The van der Waals surface area contributed by atoms with Crippen molar-refractivity contribution in [3.63, 3.8) is 0 Å². The van der Waals surface area contributed by atoms with Gasteiger partial charge in [0.15, 0.2) is 0 Å². The molecule has 0 aliphatic heterocycles. The van der Waals surface area contributed by atoms with Gasteiger partial charge in [-0.2, -0.15) is 8.78 Å². The predicted octanol–water partition coefficient (Wildman–Crippen LogP) is 3.47. The van der Waals surface area contributed by atoms with Crippen LogP contribution in [0.1, 0.15) is 6.92 Å². The van der Waals surface area contributed by atoms with Crippen LogP contribution in [0.2, 0.25) is 0 Å². The van der Waals surface area contributed by atoms with E-state index in [0.29, 0.717) is 17.2 Å². The van der Waals surface area contributed by atoms with Crippen LogP contribution < -0.4 is 10.1 Å². The average molecular weight is 315 g/mol. The van der Waals surface area contributed by atoms with Crippen LogP contribution in [0.15, 0.2) is 34.9 Å². The van der Waals surface area contributed by atoms with Gasteiger partial charge in [-0.25, -0.2) is 0 Å². The lowest BCUT2D eigenvalue weighted by Crippen LogP contribution is -2.18. The molecular weight excluding hydrogens is 305 g/mol. The van der Waals surface area contributed by atoms with Crippen molar-refractivity contribution in [2.75, 3.05) is 5.32 Å². The first kappa shape index (κ1) is 14.7. The van der Waals surface area contributed by atoms with Gasteiger partial charge in [-0.1, -0.05) is 0 Å². The van der Waals surface area contributed by atoms with Gasteiger partial charge in [0.2, 0.25) is 0 Å². The van der Waals surface area contributed by atoms with Crippen molar-refractivity contribution in [3.8, 4) is 5.75 Å². The minimum atomic E-state index is -3.20.